The summed E-state index contributed by atoms with van der Waals surface area (Å²) in [5.74, 6) is -2.11. The number of carboxylic acids is 2. The van der Waals surface area contributed by atoms with Gasteiger partial charge in [-0.2, -0.15) is 0 Å². The number of carboxylic acid groups (broad SMARTS) is 2. The van der Waals surface area contributed by atoms with E-state index in [0.717, 1.165) is 5.56 Å². The van der Waals surface area contributed by atoms with Crippen molar-refractivity contribution in [3.05, 3.63) is 59.2 Å². The van der Waals surface area contributed by atoms with Gasteiger partial charge < -0.3 is 10.2 Å². The maximum Gasteiger partial charge on any atom is 0.331 e. The average molecular weight is 351 g/mol. The van der Waals surface area contributed by atoms with E-state index in [4.69, 9.17) is 5.11 Å². The van der Waals surface area contributed by atoms with Gasteiger partial charge in [-0.1, -0.05) is 58.4 Å². The molecule has 0 radical (unpaired) electrons. The zero-order valence-corrected chi connectivity index (χ0v) is 13.0. The first-order valence-electron chi connectivity index (χ1n) is 6.43. The fraction of sp³-hybridized carbons (Fsp3) is 0.250. The van der Waals surface area contributed by atoms with Crippen LogP contribution in [0.2, 0.25) is 0 Å². The Balaban J connectivity index is 2.48. The maximum absolute atomic E-state index is 11.7. The lowest BCUT2D eigenvalue weighted by molar-refractivity contribution is -0.146. The van der Waals surface area contributed by atoms with Gasteiger partial charge in [0.1, 0.15) is 0 Å². The van der Waals surface area contributed by atoms with Crippen LogP contribution in [0.5, 0.6) is 0 Å². The third-order valence-electron chi connectivity index (χ3n) is 3.76. The Morgan fingerprint density at radius 1 is 1.19 bits per heavy atom. The first-order chi connectivity index (χ1) is 9.86. The number of hydrogen-bond acceptors (Lipinski definition) is 2. The first kappa shape index (κ1) is 15.5. The van der Waals surface area contributed by atoms with Gasteiger partial charge in [0, 0.05) is 5.57 Å². The van der Waals surface area contributed by atoms with Crippen molar-refractivity contribution >= 4 is 27.9 Å². The van der Waals surface area contributed by atoms with Crippen LogP contribution in [0.1, 0.15) is 23.7 Å². The van der Waals surface area contributed by atoms with Crippen LogP contribution in [0.4, 0.5) is 0 Å². The van der Waals surface area contributed by atoms with Gasteiger partial charge in [0.2, 0.25) is 0 Å². The fourth-order valence-corrected chi connectivity index (χ4v) is 3.39. The molecule has 1 aliphatic rings. The van der Waals surface area contributed by atoms with Crippen molar-refractivity contribution < 1.29 is 19.8 Å². The van der Waals surface area contributed by atoms with Crippen molar-refractivity contribution in [3.8, 4) is 0 Å². The molecule has 2 N–H and O–H groups in total. The molecule has 0 fully saturated rings. The zero-order valence-electron chi connectivity index (χ0n) is 11.4. The molecule has 2 atom stereocenters. The predicted molar refractivity (Wildman–Crippen MR) is 82.3 cm³/mol. The van der Waals surface area contributed by atoms with Crippen LogP contribution >= 0.6 is 15.9 Å². The largest absolute Gasteiger partial charge is 0.481 e. The molecular formula is C16H15BrO4. The summed E-state index contributed by atoms with van der Waals surface area (Å²) in [6, 6.07) is 9.45. The van der Waals surface area contributed by atoms with Crippen molar-refractivity contribution in [3.63, 3.8) is 0 Å². The summed E-state index contributed by atoms with van der Waals surface area (Å²) in [7, 11) is 0. The minimum absolute atomic E-state index is 0.0293. The molecule has 0 aromatic heterocycles. The predicted octanol–water partition coefficient (Wildman–Crippen LogP) is 3.55. The van der Waals surface area contributed by atoms with E-state index in [1.165, 1.54) is 6.08 Å². The molecule has 0 saturated heterocycles. The third-order valence-corrected chi connectivity index (χ3v) is 4.78. The van der Waals surface area contributed by atoms with E-state index < -0.39 is 17.4 Å². The SMILES string of the molecule is CC1(C(=O)O)CC(C(=O)O)=CC=C1C(Br)c1ccccc1. The number of carbonyl (C=O) groups is 2. The molecule has 5 heteroatoms. The monoisotopic (exact) mass is 350 g/mol. The number of allylic oxidation sites excluding steroid dienone is 2. The lowest BCUT2D eigenvalue weighted by Crippen LogP contribution is -2.34. The molecule has 0 amide bonds. The first-order valence-corrected chi connectivity index (χ1v) is 7.35. The topological polar surface area (TPSA) is 74.6 Å². The Labute approximate surface area is 130 Å². The highest BCUT2D eigenvalue weighted by Crippen LogP contribution is 2.47. The summed E-state index contributed by atoms with van der Waals surface area (Å²) in [6.45, 7) is 1.56. The molecule has 1 aromatic rings. The Morgan fingerprint density at radius 2 is 1.81 bits per heavy atom. The van der Waals surface area contributed by atoms with E-state index in [9.17, 15) is 14.7 Å². The van der Waals surface area contributed by atoms with E-state index in [-0.39, 0.29) is 16.8 Å². The van der Waals surface area contributed by atoms with E-state index >= 15 is 0 Å². The molecule has 21 heavy (non-hydrogen) atoms. The minimum atomic E-state index is -1.24. The summed E-state index contributed by atoms with van der Waals surface area (Å²) in [4.78, 5) is 22.5. The molecule has 0 spiro atoms. The second kappa shape index (κ2) is 5.85. The van der Waals surface area contributed by atoms with Crippen LogP contribution in [0.3, 0.4) is 0 Å². The van der Waals surface area contributed by atoms with Gasteiger partial charge in [0.15, 0.2) is 0 Å². The summed E-state index contributed by atoms with van der Waals surface area (Å²) in [5, 5.41) is 18.7. The van der Waals surface area contributed by atoms with Crippen LogP contribution < -0.4 is 0 Å². The highest BCUT2D eigenvalue weighted by Gasteiger charge is 2.43. The standard InChI is InChI=1S/C16H15BrO4/c1-16(15(20)21)9-11(14(18)19)7-8-12(16)13(17)10-5-3-2-4-6-10/h2-8,13H,9H2,1H3,(H,18,19)(H,20,21). The highest BCUT2D eigenvalue weighted by molar-refractivity contribution is 9.09. The summed E-state index contributed by atoms with van der Waals surface area (Å²) >= 11 is 3.54. The Bertz CT molecular complexity index is 633. The van der Waals surface area contributed by atoms with Gasteiger partial charge in [0.25, 0.3) is 0 Å². The Morgan fingerprint density at radius 3 is 2.33 bits per heavy atom. The Hall–Kier alpha value is -1.88. The molecule has 110 valence electrons. The second-order valence-electron chi connectivity index (χ2n) is 5.21. The lowest BCUT2D eigenvalue weighted by atomic mass is 9.71. The van der Waals surface area contributed by atoms with Gasteiger partial charge >= 0.3 is 11.9 Å². The van der Waals surface area contributed by atoms with Crippen molar-refractivity contribution in [2.45, 2.75) is 18.2 Å². The van der Waals surface area contributed by atoms with Crippen molar-refractivity contribution in [1.82, 2.24) is 0 Å². The molecule has 0 heterocycles. The third kappa shape index (κ3) is 2.93. The molecule has 4 nitrogen and oxygen atoms in total. The van der Waals surface area contributed by atoms with Crippen LogP contribution in [0.15, 0.2) is 53.6 Å². The lowest BCUT2D eigenvalue weighted by Gasteiger charge is -2.33. The normalized spacial score (nSPS) is 23.0. The van der Waals surface area contributed by atoms with E-state index in [2.05, 4.69) is 15.9 Å². The molecule has 1 aromatic carbocycles. The van der Waals surface area contributed by atoms with Crippen molar-refractivity contribution in [2.75, 3.05) is 0 Å². The second-order valence-corrected chi connectivity index (χ2v) is 6.12. The number of rotatable bonds is 4. The maximum atomic E-state index is 11.7. The van der Waals surface area contributed by atoms with Crippen molar-refractivity contribution in [2.24, 2.45) is 5.41 Å². The molecule has 0 saturated carbocycles. The molecule has 1 aliphatic carbocycles. The number of aliphatic carboxylic acids is 2. The Kier molecular flexibility index (Phi) is 4.32. The number of hydrogen-bond donors (Lipinski definition) is 2. The van der Waals surface area contributed by atoms with Crippen molar-refractivity contribution in [1.29, 1.82) is 0 Å². The summed E-state index contributed by atoms with van der Waals surface area (Å²) in [5.41, 5.74) is 0.443. The number of alkyl halides is 1. The van der Waals surface area contributed by atoms with Gasteiger partial charge in [0.05, 0.1) is 10.2 Å². The van der Waals surface area contributed by atoms with E-state index in [0.29, 0.717) is 5.57 Å². The molecule has 2 rings (SSSR count). The molecule has 0 bridgehead atoms. The van der Waals surface area contributed by atoms with Crippen LogP contribution in [-0.4, -0.2) is 22.2 Å². The van der Waals surface area contributed by atoms with Gasteiger partial charge in [-0.05, 0) is 24.5 Å². The zero-order chi connectivity index (χ0) is 15.6. The average Bonchev–Trinajstić information content (AvgIpc) is 2.47. The number of halogens is 1. The summed E-state index contributed by atoms with van der Waals surface area (Å²) in [6.07, 6.45) is 3.06. The summed E-state index contributed by atoms with van der Waals surface area (Å²) < 4.78 is 0. The molecular weight excluding hydrogens is 336 g/mol. The molecule has 2 unspecified atom stereocenters. The minimum Gasteiger partial charge on any atom is -0.481 e. The van der Waals surface area contributed by atoms with Gasteiger partial charge in [-0.3, -0.25) is 4.79 Å². The quantitative estimate of drug-likeness (QED) is 0.814. The van der Waals surface area contributed by atoms with E-state index in [1.54, 1.807) is 13.0 Å². The van der Waals surface area contributed by atoms with Crippen LogP contribution in [0, 0.1) is 5.41 Å². The molecule has 0 aliphatic heterocycles. The van der Waals surface area contributed by atoms with Gasteiger partial charge in [-0.15, -0.1) is 0 Å². The smallest absolute Gasteiger partial charge is 0.331 e. The van der Waals surface area contributed by atoms with Crippen LogP contribution in [-0.2, 0) is 9.59 Å². The van der Waals surface area contributed by atoms with E-state index in [1.807, 2.05) is 30.3 Å². The fourth-order valence-electron chi connectivity index (χ4n) is 2.43. The number of benzene rings is 1. The highest BCUT2D eigenvalue weighted by atomic mass is 79.9. The van der Waals surface area contributed by atoms with Gasteiger partial charge in [-0.25, -0.2) is 4.79 Å². The van der Waals surface area contributed by atoms with Crippen LogP contribution in [0.25, 0.3) is 0 Å².